The van der Waals surface area contributed by atoms with Gasteiger partial charge in [0.2, 0.25) is 0 Å². The summed E-state index contributed by atoms with van der Waals surface area (Å²) in [6.45, 7) is 13.4. The number of aryl methyl sites for hydroxylation is 1. The minimum atomic E-state index is 0.515. The predicted octanol–water partition coefficient (Wildman–Crippen LogP) is 3.79. The Morgan fingerprint density at radius 3 is 1.73 bits per heavy atom. The van der Waals surface area contributed by atoms with Gasteiger partial charge in [-0.2, -0.15) is 5.10 Å². The molecule has 1 rings (SSSR count). The molecule has 0 saturated heterocycles. The van der Waals surface area contributed by atoms with Crippen molar-refractivity contribution in [3.63, 3.8) is 0 Å². The lowest BCUT2D eigenvalue weighted by molar-refractivity contribution is 0.649. The van der Waals surface area contributed by atoms with Crippen molar-refractivity contribution >= 4 is 0 Å². The zero-order valence-corrected chi connectivity index (χ0v) is 11.1. The second kappa shape index (κ2) is 4.38. The Bertz CT molecular complexity index is 333. The van der Waals surface area contributed by atoms with E-state index < -0.39 is 0 Å². The smallest absolute Gasteiger partial charge is 0.0687 e. The molecule has 0 fully saturated rings. The molecule has 2 nitrogen and oxygen atoms in total. The Balaban J connectivity index is 3.38. The summed E-state index contributed by atoms with van der Waals surface area (Å²) in [6.07, 6.45) is 0. The fourth-order valence-corrected chi connectivity index (χ4v) is 2.28. The topological polar surface area (TPSA) is 17.8 Å². The van der Waals surface area contributed by atoms with E-state index in [1.807, 2.05) is 0 Å². The van der Waals surface area contributed by atoms with Crippen LogP contribution in [0.3, 0.4) is 0 Å². The molecule has 15 heavy (non-hydrogen) atoms. The van der Waals surface area contributed by atoms with Gasteiger partial charge in [0.15, 0.2) is 0 Å². The normalized spacial score (nSPS) is 12.1. The molecule has 0 aliphatic rings. The number of aromatic nitrogens is 2. The van der Waals surface area contributed by atoms with Crippen LogP contribution in [-0.4, -0.2) is 9.78 Å². The summed E-state index contributed by atoms with van der Waals surface area (Å²) in [7, 11) is 2.06. The van der Waals surface area contributed by atoms with Crippen molar-refractivity contribution in [1.29, 1.82) is 0 Å². The van der Waals surface area contributed by atoms with Crippen LogP contribution >= 0.6 is 0 Å². The van der Waals surface area contributed by atoms with Crippen LogP contribution in [0, 0.1) is 0 Å². The number of hydrogen-bond acceptors (Lipinski definition) is 1. The van der Waals surface area contributed by atoms with Gasteiger partial charge in [0.25, 0.3) is 0 Å². The summed E-state index contributed by atoms with van der Waals surface area (Å²) in [5.74, 6) is 1.63. The highest BCUT2D eigenvalue weighted by Gasteiger charge is 2.22. The van der Waals surface area contributed by atoms with Crippen molar-refractivity contribution in [2.75, 3.05) is 0 Å². The first-order valence-corrected chi connectivity index (χ1v) is 5.92. The molecule has 1 aromatic heterocycles. The highest BCUT2D eigenvalue weighted by atomic mass is 15.3. The van der Waals surface area contributed by atoms with E-state index in [0.29, 0.717) is 17.8 Å². The first kappa shape index (κ1) is 12.3. The summed E-state index contributed by atoms with van der Waals surface area (Å²) in [5.41, 5.74) is 4.13. The molecule has 1 aromatic rings. The van der Waals surface area contributed by atoms with Crippen LogP contribution in [-0.2, 0) is 7.05 Å². The maximum absolute atomic E-state index is 4.67. The minimum absolute atomic E-state index is 0.515. The molecular weight excluding hydrogens is 184 g/mol. The molecule has 86 valence electrons. The monoisotopic (exact) mass is 208 g/mol. The fraction of sp³-hybridized carbons (Fsp3) is 0.769. The Labute approximate surface area is 93.7 Å². The lowest BCUT2D eigenvalue weighted by Crippen LogP contribution is -2.03. The molecule has 0 atom stereocenters. The highest BCUT2D eigenvalue weighted by molar-refractivity contribution is 5.33. The number of nitrogens with zero attached hydrogens (tertiary/aromatic N) is 2. The lowest BCUT2D eigenvalue weighted by atomic mass is 9.91. The lowest BCUT2D eigenvalue weighted by Gasteiger charge is -2.14. The van der Waals surface area contributed by atoms with Crippen LogP contribution < -0.4 is 0 Å². The van der Waals surface area contributed by atoms with Crippen molar-refractivity contribution in [2.24, 2.45) is 7.05 Å². The molecule has 0 bridgehead atoms. The molecule has 1 heterocycles. The van der Waals surface area contributed by atoms with Gasteiger partial charge < -0.3 is 0 Å². The zero-order chi connectivity index (χ0) is 11.7. The molecule has 0 spiro atoms. The molecule has 0 N–H and O–H groups in total. The van der Waals surface area contributed by atoms with E-state index in [1.165, 1.54) is 17.0 Å². The third-order valence-corrected chi connectivity index (χ3v) is 2.83. The van der Waals surface area contributed by atoms with E-state index in [4.69, 9.17) is 0 Å². The number of hydrogen-bond donors (Lipinski definition) is 0. The minimum Gasteiger partial charge on any atom is -0.272 e. The van der Waals surface area contributed by atoms with Gasteiger partial charge in [0.05, 0.1) is 5.69 Å². The summed E-state index contributed by atoms with van der Waals surface area (Å²) in [4.78, 5) is 0. The Kier molecular flexibility index (Phi) is 3.58. The van der Waals surface area contributed by atoms with Crippen molar-refractivity contribution < 1.29 is 0 Å². The summed E-state index contributed by atoms with van der Waals surface area (Å²) in [5, 5.41) is 4.67. The predicted molar refractivity (Wildman–Crippen MR) is 65.5 cm³/mol. The van der Waals surface area contributed by atoms with Gasteiger partial charge in [0.1, 0.15) is 0 Å². The average molecular weight is 208 g/mol. The van der Waals surface area contributed by atoms with Crippen LogP contribution in [0.25, 0.3) is 0 Å². The van der Waals surface area contributed by atoms with Crippen LogP contribution in [0.15, 0.2) is 0 Å². The second-order valence-corrected chi connectivity index (χ2v) is 5.27. The van der Waals surface area contributed by atoms with E-state index in [-0.39, 0.29) is 0 Å². The molecule has 0 saturated carbocycles. The van der Waals surface area contributed by atoms with Gasteiger partial charge in [0, 0.05) is 12.7 Å². The van der Waals surface area contributed by atoms with E-state index in [2.05, 4.69) is 58.4 Å². The molecule has 0 radical (unpaired) electrons. The van der Waals surface area contributed by atoms with Gasteiger partial charge in [-0.1, -0.05) is 41.5 Å². The van der Waals surface area contributed by atoms with Gasteiger partial charge in [-0.15, -0.1) is 0 Å². The van der Waals surface area contributed by atoms with Gasteiger partial charge in [-0.05, 0) is 23.3 Å². The van der Waals surface area contributed by atoms with Crippen LogP contribution in [0.1, 0.15) is 76.2 Å². The van der Waals surface area contributed by atoms with Gasteiger partial charge in [-0.3, -0.25) is 4.68 Å². The van der Waals surface area contributed by atoms with Crippen molar-refractivity contribution in [3.8, 4) is 0 Å². The van der Waals surface area contributed by atoms with E-state index in [0.717, 1.165) is 0 Å². The van der Waals surface area contributed by atoms with E-state index in [1.54, 1.807) is 0 Å². The zero-order valence-electron chi connectivity index (χ0n) is 11.1. The second-order valence-electron chi connectivity index (χ2n) is 5.27. The molecule has 0 aliphatic carbocycles. The van der Waals surface area contributed by atoms with Crippen molar-refractivity contribution in [3.05, 3.63) is 17.0 Å². The van der Waals surface area contributed by atoms with Crippen LogP contribution in [0.4, 0.5) is 0 Å². The summed E-state index contributed by atoms with van der Waals surface area (Å²) in [6, 6.07) is 0. The summed E-state index contributed by atoms with van der Waals surface area (Å²) < 4.78 is 2.06. The first-order chi connectivity index (χ1) is 6.86. The van der Waals surface area contributed by atoms with Crippen LogP contribution in [0.5, 0.6) is 0 Å². The fourth-order valence-electron chi connectivity index (χ4n) is 2.28. The summed E-state index contributed by atoms with van der Waals surface area (Å²) >= 11 is 0. The molecular formula is C13H24N2. The molecule has 0 aliphatic heterocycles. The average Bonchev–Trinajstić information content (AvgIpc) is 2.42. The Morgan fingerprint density at radius 2 is 1.40 bits per heavy atom. The highest BCUT2D eigenvalue weighted by Crippen LogP contribution is 2.32. The molecule has 0 amide bonds. The van der Waals surface area contributed by atoms with Crippen molar-refractivity contribution in [2.45, 2.75) is 59.3 Å². The largest absolute Gasteiger partial charge is 0.272 e. The maximum Gasteiger partial charge on any atom is 0.0687 e. The standard InChI is InChI=1S/C13H24N2/c1-8(2)11-12(9(3)4)14-15(7)13(11)10(5)6/h8-10H,1-7H3. The van der Waals surface area contributed by atoms with E-state index >= 15 is 0 Å². The van der Waals surface area contributed by atoms with Gasteiger partial charge >= 0.3 is 0 Å². The SMILES string of the molecule is CC(C)c1nn(C)c(C(C)C)c1C(C)C. The quantitative estimate of drug-likeness (QED) is 0.739. The Hall–Kier alpha value is -0.790. The first-order valence-electron chi connectivity index (χ1n) is 5.92. The van der Waals surface area contributed by atoms with Crippen LogP contribution in [0.2, 0.25) is 0 Å². The maximum atomic E-state index is 4.67. The van der Waals surface area contributed by atoms with Crippen molar-refractivity contribution in [1.82, 2.24) is 9.78 Å². The molecule has 2 heteroatoms. The molecule has 0 unspecified atom stereocenters. The third-order valence-electron chi connectivity index (χ3n) is 2.83. The third kappa shape index (κ3) is 2.24. The Morgan fingerprint density at radius 1 is 0.867 bits per heavy atom. The number of rotatable bonds is 3. The van der Waals surface area contributed by atoms with Gasteiger partial charge in [-0.25, -0.2) is 0 Å². The molecule has 0 aromatic carbocycles. The van der Waals surface area contributed by atoms with E-state index in [9.17, 15) is 0 Å².